The topological polar surface area (TPSA) is 90.0 Å². The molecule has 0 bridgehead atoms. The third kappa shape index (κ3) is 3.76. The number of sulfonamides is 1. The Kier molecular flexibility index (Phi) is 4.92. The van der Waals surface area contributed by atoms with E-state index in [9.17, 15) is 8.42 Å². The van der Waals surface area contributed by atoms with Crippen molar-refractivity contribution in [3.05, 3.63) is 39.6 Å². The number of rotatable bonds is 5. The van der Waals surface area contributed by atoms with Gasteiger partial charge in [-0.15, -0.1) is 0 Å². The molecule has 3 N–H and O–H groups in total. The number of benzene rings is 1. The van der Waals surface area contributed by atoms with Crippen molar-refractivity contribution in [2.75, 3.05) is 11.3 Å². The Morgan fingerprint density at radius 3 is 2.86 bits per heavy atom. The highest BCUT2D eigenvalue weighted by atomic mass is 79.9. The van der Waals surface area contributed by atoms with E-state index in [0.29, 0.717) is 28.3 Å². The molecule has 21 heavy (non-hydrogen) atoms. The Morgan fingerprint density at radius 2 is 2.19 bits per heavy atom. The minimum atomic E-state index is -3.73. The van der Waals surface area contributed by atoms with Crippen molar-refractivity contribution in [3.63, 3.8) is 0 Å². The van der Waals surface area contributed by atoms with Gasteiger partial charge in [0.1, 0.15) is 4.90 Å². The standard InChI is InChI=1S/C12H14BrClN4O2S/c1-8-4-10(13)12(5-11(8)14)17-21(19,20)9-6-16-18(7-9)3-2-15/h4-7,17H,2-3,15H2,1H3. The summed E-state index contributed by atoms with van der Waals surface area (Å²) in [7, 11) is -3.73. The van der Waals surface area contributed by atoms with Gasteiger partial charge in [-0.2, -0.15) is 5.10 Å². The molecule has 2 aromatic rings. The Labute approximate surface area is 136 Å². The van der Waals surface area contributed by atoms with Gasteiger partial charge in [0.2, 0.25) is 0 Å². The van der Waals surface area contributed by atoms with Gasteiger partial charge in [0.15, 0.2) is 0 Å². The van der Waals surface area contributed by atoms with Crippen LogP contribution in [-0.4, -0.2) is 24.7 Å². The van der Waals surface area contributed by atoms with Crippen LogP contribution in [0.1, 0.15) is 5.56 Å². The molecule has 1 aromatic carbocycles. The molecule has 6 nitrogen and oxygen atoms in total. The molecule has 114 valence electrons. The lowest BCUT2D eigenvalue weighted by Gasteiger charge is -2.10. The lowest BCUT2D eigenvalue weighted by molar-refractivity contribution is 0.599. The molecule has 0 fully saturated rings. The largest absolute Gasteiger partial charge is 0.329 e. The van der Waals surface area contributed by atoms with Crippen LogP contribution >= 0.6 is 27.5 Å². The highest BCUT2D eigenvalue weighted by Gasteiger charge is 2.18. The summed E-state index contributed by atoms with van der Waals surface area (Å²) in [5, 5.41) is 4.43. The summed E-state index contributed by atoms with van der Waals surface area (Å²) < 4.78 is 29.2. The van der Waals surface area contributed by atoms with Gasteiger partial charge < -0.3 is 5.73 Å². The molecule has 1 heterocycles. The Balaban J connectivity index is 2.30. The molecule has 0 aliphatic carbocycles. The van der Waals surface area contributed by atoms with Crippen molar-refractivity contribution in [1.29, 1.82) is 0 Å². The van der Waals surface area contributed by atoms with Crippen molar-refractivity contribution >= 4 is 43.2 Å². The number of halogens is 2. The quantitative estimate of drug-likeness (QED) is 0.816. The molecule has 0 saturated carbocycles. The maximum Gasteiger partial charge on any atom is 0.265 e. The van der Waals surface area contributed by atoms with E-state index in [0.717, 1.165) is 5.56 Å². The van der Waals surface area contributed by atoms with Crippen LogP contribution in [0.25, 0.3) is 0 Å². The minimum Gasteiger partial charge on any atom is -0.329 e. The normalized spacial score (nSPS) is 11.6. The van der Waals surface area contributed by atoms with E-state index in [1.807, 2.05) is 6.92 Å². The number of hydrogen-bond acceptors (Lipinski definition) is 4. The second kappa shape index (κ2) is 6.35. The van der Waals surface area contributed by atoms with E-state index in [4.69, 9.17) is 17.3 Å². The third-order valence-electron chi connectivity index (χ3n) is 2.77. The van der Waals surface area contributed by atoms with E-state index in [1.165, 1.54) is 17.1 Å². The number of nitrogens with one attached hydrogen (secondary N) is 1. The average Bonchev–Trinajstić information content (AvgIpc) is 2.86. The van der Waals surface area contributed by atoms with Crippen LogP contribution in [0.5, 0.6) is 0 Å². The number of anilines is 1. The fourth-order valence-corrected chi connectivity index (χ4v) is 3.54. The summed E-state index contributed by atoms with van der Waals surface area (Å²) in [5.74, 6) is 0. The van der Waals surface area contributed by atoms with Crippen LogP contribution in [0.15, 0.2) is 33.9 Å². The first-order chi connectivity index (χ1) is 9.83. The number of aryl methyl sites for hydroxylation is 1. The van der Waals surface area contributed by atoms with Gasteiger partial charge in [-0.1, -0.05) is 11.6 Å². The first-order valence-electron chi connectivity index (χ1n) is 6.04. The van der Waals surface area contributed by atoms with Crippen LogP contribution in [0, 0.1) is 6.92 Å². The zero-order valence-electron chi connectivity index (χ0n) is 11.2. The summed E-state index contributed by atoms with van der Waals surface area (Å²) >= 11 is 9.33. The van der Waals surface area contributed by atoms with Crippen molar-refractivity contribution in [2.45, 2.75) is 18.4 Å². The van der Waals surface area contributed by atoms with E-state index in [2.05, 4.69) is 25.8 Å². The maximum absolute atomic E-state index is 12.3. The summed E-state index contributed by atoms with van der Waals surface area (Å²) in [6.07, 6.45) is 2.71. The van der Waals surface area contributed by atoms with Gasteiger partial charge in [-0.25, -0.2) is 8.42 Å². The van der Waals surface area contributed by atoms with Crippen molar-refractivity contribution in [2.24, 2.45) is 5.73 Å². The van der Waals surface area contributed by atoms with Gasteiger partial charge >= 0.3 is 0 Å². The van der Waals surface area contributed by atoms with Crippen molar-refractivity contribution in [3.8, 4) is 0 Å². The molecular formula is C12H14BrClN4O2S. The molecule has 0 saturated heterocycles. The fraction of sp³-hybridized carbons (Fsp3) is 0.250. The summed E-state index contributed by atoms with van der Waals surface area (Å²) in [5.41, 5.74) is 6.63. The van der Waals surface area contributed by atoms with Gasteiger partial charge in [-0.05, 0) is 40.5 Å². The molecule has 2 rings (SSSR count). The summed E-state index contributed by atoms with van der Waals surface area (Å²) in [6.45, 7) is 2.67. The smallest absolute Gasteiger partial charge is 0.265 e. The second-order valence-electron chi connectivity index (χ2n) is 4.41. The van der Waals surface area contributed by atoms with E-state index >= 15 is 0 Å². The van der Waals surface area contributed by atoms with Crippen LogP contribution in [0.2, 0.25) is 5.02 Å². The van der Waals surface area contributed by atoms with Crippen molar-refractivity contribution in [1.82, 2.24) is 9.78 Å². The molecule has 0 aliphatic heterocycles. The predicted octanol–water partition coefficient (Wildman–Crippen LogP) is 2.37. The Morgan fingerprint density at radius 1 is 1.48 bits per heavy atom. The molecule has 0 aliphatic rings. The SMILES string of the molecule is Cc1cc(Br)c(NS(=O)(=O)c2cnn(CCN)c2)cc1Cl. The lowest BCUT2D eigenvalue weighted by atomic mass is 10.2. The zero-order valence-corrected chi connectivity index (χ0v) is 14.3. The zero-order chi connectivity index (χ0) is 15.6. The van der Waals surface area contributed by atoms with E-state index in [-0.39, 0.29) is 4.90 Å². The van der Waals surface area contributed by atoms with Crippen LogP contribution in [-0.2, 0) is 16.6 Å². The summed E-state index contributed by atoms with van der Waals surface area (Å²) in [4.78, 5) is 0.0690. The van der Waals surface area contributed by atoms with E-state index < -0.39 is 10.0 Å². The number of aromatic nitrogens is 2. The molecule has 0 radical (unpaired) electrons. The van der Waals surface area contributed by atoms with Crippen molar-refractivity contribution < 1.29 is 8.42 Å². The van der Waals surface area contributed by atoms with Gasteiger partial charge in [0.05, 0.1) is 18.4 Å². The third-order valence-corrected chi connectivity index (χ3v) is 5.15. The predicted molar refractivity (Wildman–Crippen MR) is 86.0 cm³/mol. The average molecular weight is 394 g/mol. The number of hydrogen-bond donors (Lipinski definition) is 2. The minimum absolute atomic E-state index is 0.0690. The number of nitrogens with zero attached hydrogens (tertiary/aromatic N) is 2. The summed E-state index contributed by atoms with van der Waals surface area (Å²) in [6, 6.07) is 3.31. The molecule has 0 spiro atoms. The number of nitrogens with two attached hydrogens (primary N) is 1. The molecule has 0 amide bonds. The maximum atomic E-state index is 12.3. The molecule has 1 aromatic heterocycles. The first kappa shape index (κ1) is 16.3. The first-order valence-corrected chi connectivity index (χ1v) is 8.70. The molecule has 0 unspecified atom stereocenters. The van der Waals surface area contributed by atoms with Gasteiger partial charge in [-0.3, -0.25) is 9.40 Å². The lowest BCUT2D eigenvalue weighted by Crippen LogP contribution is -2.13. The highest BCUT2D eigenvalue weighted by Crippen LogP contribution is 2.30. The molecule has 0 atom stereocenters. The van der Waals surface area contributed by atoms with Crippen LogP contribution < -0.4 is 10.5 Å². The molecular weight excluding hydrogens is 380 g/mol. The van der Waals surface area contributed by atoms with Crippen LogP contribution in [0.3, 0.4) is 0 Å². The fourth-order valence-electron chi connectivity index (χ4n) is 1.67. The van der Waals surface area contributed by atoms with Crippen LogP contribution in [0.4, 0.5) is 5.69 Å². The molecule has 9 heteroatoms. The van der Waals surface area contributed by atoms with Gasteiger partial charge in [0.25, 0.3) is 10.0 Å². The monoisotopic (exact) mass is 392 g/mol. The Bertz CT molecular complexity index is 761. The van der Waals surface area contributed by atoms with E-state index in [1.54, 1.807) is 12.1 Å². The highest BCUT2D eigenvalue weighted by molar-refractivity contribution is 9.10. The Hall–Kier alpha value is -1.09. The van der Waals surface area contributed by atoms with Gasteiger partial charge in [0, 0.05) is 22.2 Å². The second-order valence-corrected chi connectivity index (χ2v) is 7.36.